The number of carbonyl (C=O) groups is 1. The van der Waals surface area contributed by atoms with E-state index in [2.05, 4.69) is 17.2 Å². The van der Waals surface area contributed by atoms with E-state index in [1.165, 1.54) is 19.3 Å². The van der Waals surface area contributed by atoms with Gasteiger partial charge in [-0.1, -0.05) is 44.7 Å². The van der Waals surface area contributed by atoms with Crippen LogP contribution in [0.5, 0.6) is 0 Å². The molecule has 0 fully saturated rings. The quantitative estimate of drug-likeness (QED) is 0.755. The van der Waals surface area contributed by atoms with Gasteiger partial charge in [0, 0.05) is 13.5 Å². The number of nitrogens with one attached hydrogen (secondary N) is 1. The molecule has 0 aliphatic carbocycles. The van der Waals surface area contributed by atoms with Crippen molar-refractivity contribution in [3.05, 3.63) is 30.1 Å². The van der Waals surface area contributed by atoms with Gasteiger partial charge in [-0.05, 0) is 18.6 Å². The topological polar surface area (TPSA) is 46.9 Å². The van der Waals surface area contributed by atoms with Crippen molar-refractivity contribution >= 4 is 16.9 Å². The zero-order valence-corrected chi connectivity index (χ0v) is 13.1. The van der Waals surface area contributed by atoms with Crippen LogP contribution < -0.4 is 5.32 Å². The van der Waals surface area contributed by atoms with E-state index >= 15 is 0 Å². The number of fused-ring (bicyclic) bond motifs is 1. The number of rotatable bonds is 8. The number of aryl methyl sites for hydroxylation is 1. The Kier molecular flexibility index (Phi) is 5.78. The lowest BCUT2D eigenvalue weighted by Crippen LogP contribution is -2.24. The van der Waals surface area contributed by atoms with E-state index in [0.717, 1.165) is 29.7 Å². The Balaban J connectivity index is 1.79. The molecule has 1 aromatic carbocycles. The van der Waals surface area contributed by atoms with E-state index in [1.807, 2.05) is 35.9 Å². The maximum Gasteiger partial charge on any atom is 0.220 e. The Morgan fingerprint density at radius 1 is 1.19 bits per heavy atom. The van der Waals surface area contributed by atoms with Gasteiger partial charge < -0.3 is 9.88 Å². The Morgan fingerprint density at radius 2 is 1.95 bits per heavy atom. The van der Waals surface area contributed by atoms with E-state index in [4.69, 9.17) is 0 Å². The molecule has 0 radical (unpaired) electrons. The number of para-hydroxylation sites is 2. The predicted molar refractivity (Wildman–Crippen MR) is 85.9 cm³/mol. The van der Waals surface area contributed by atoms with Crippen molar-refractivity contribution in [3.8, 4) is 0 Å². The van der Waals surface area contributed by atoms with E-state index < -0.39 is 0 Å². The maximum absolute atomic E-state index is 11.8. The molecular weight excluding hydrogens is 262 g/mol. The number of hydrogen-bond donors (Lipinski definition) is 1. The van der Waals surface area contributed by atoms with Crippen molar-refractivity contribution in [2.75, 3.05) is 0 Å². The molecule has 2 aromatic rings. The molecule has 1 amide bonds. The summed E-state index contributed by atoms with van der Waals surface area (Å²) in [6, 6.07) is 8.02. The first-order chi connectivity index (χ1) is 10.2. The third-order valence-electron chi connectivity index (χ3n) is 3.83. The van der Waals surface area contributed by atoms with Crippen molar-refractivity contribution in [2.24, 2.45) is 7.05 Å². The van der Waals surface area contributed by atoms with Gasteiger partial charge in [0.05, 0.1) is 17.6 Å². The van der Waals surface area contributed by atoms with Gasteiger partial charge in [0.1, 0.15) is 5.82 Å². The highest BCUT2D eigenvalue weighted by molar-refractivity contribution is 5.77. The summed E-state index contributed by atoms with van der Waals surface area (Å²) in [5.74, 6) is 1.02. The summed E-state index contributed by atoms with van der Waals surface area (Å²) in [5, 5.41) is 2.97. The Hall–Kier alpha value is -1.84. The van der Waals surface area contributed by atoms with Gasteiger partial charge in [-0.2, -0.15) is 0 Å². The second kappa shape index (κ2) is 7.81. The number of carbonyl (C=O) groups excluding carboxylic acids is 1. The summed E-state index contributed by atoms with van der Waals surface area (Å²) >= 11 is 0. The summed E-state index contributed by atoms with van der Waals surface area (Å²) in [7, 11) is 1.99. The molecule has 0 spiro atoms. The molecule has 0 aliphatic rings. The number of aromatic nitrogens is 2. The lowest BCUT2D eigenvalue weighted by molar-refractivity contribution is -0.121. The van der Waals surface area contributed by atoms with Gasteiger partial charge in [0.2, 0.25) is 5.91 Å². The van der Waals surface area contributed by atoms with Gasteiger partial charge in [0.25, 0.3) is 0 Å². The number of hydrogen-bond acceptors (Lipinski definition) is 2. The van der Waals surface area contributed by atoms with Crippen LogP contribution in [0.15, 0.2) is 24.3 Å². The highest BCUT2D eigenvalue weighted by Gasteiger charge is 2.08. The lowest BCUT2D eigenvalue weighted by atomic mass is 10.1. The molecule has 0 saturated carbocycles. The van der Waals surface area contributed by atoms with Gasteiger partial charge in [-0.25, -0.2) is 4.98 Å². The van der Waals surface area contributed by atoms with Crippen LogP contribution >= 0.6 is 0 Å². The van der Waals surface area contributed by atoms with Gasteiger partial charge in [0.15, 0.2) is 0 Å². The molecule has 114 valence electrons. The Morgan fingerprint density at radius 3 is 2.71 bits per heavy atom. The monoisotopic (exact) mass is 287 g/mol. The normalized spacial score (nSPS) is 11.0. The van der Waals surface area contributed by atoms with Crippen LogP contribution in [-0.2, 0) is 18.4 Å². The second-order valence-electron chi connectivity index (χ2n) is 5.52. The van der Waals surface area contributed by atoms with Crippen LogP contribution in [0.2, 0.25) is 0 Å². The highest BCUT2D eigenvalue weighted by atomic mass is 16.1. The average molecular weight is 287 g/mol. The minimum atomic E-state index is 0.124. The lowest BCUT2D eigenvalue weighted by Gasteiger charge is -2.05. The predicted octanol–water partition coefficient (Wildman–Crippen LogP) is 3.55. The van der Waals surface area contributed by atoms with E-state index in [9.17, 15) is 4.79 Å². The molecular formula is C17H25N3O. The minimum Gasteiger partial charge on any atom is -0.349 e. The van der Waals surface area contributed by atoms with Crippen LogP contribution in [0.25, 0.3) is 11.0 Å². The first-order valence-corrected chi connectivity index (χ1v) is 7.89. The van der Waals surface area contributed by atoms with Crippen molar-refractivity contribution in [2.45, 2.75) is 52.0 Å². The largest absolute Gasteiger partial charge is 0.349 e. The molecule has 0 unspecified atom stereocenters. The molecule has 1 aromatic heterocycles. The van der Waals surface area contributed by atoms with Crippen molar-refractivity contribution in [1.82, 2.24) is 14.9 Å². The maximum atomic E-state index is 11.8. The third kappa shape index (κ3) is 4.31. The van der Waals surface area contributed by atoms with Crippen LogP contribution in [0.4, 0.5) is 0 Å². The molecule has 0 saturated heterocycles. The summed E-state index contributed by atoms with van der Waals surface area (Å²) in [5.41, 5.74) is 2.07. The van der Waals surface area contributed by atoms with Gasteiger partial charge in [-0.3, -0.25) is 4.79 Å². The first-order valence-electron chi connectivity index (χ1n) is 7.89. The van der Waals surface area contributed by atoms with Crippen LogP contribution in [0, 0.1) is 0 Å². The molecule has 1 N–H and O–H groups in total. The molecule has 21 heavy (non-hydrogen) atoms. The highest BCUT2D eigenvalue weighted by Crippen LogP contribution is 2.14. The van der Waals surface area contributed by atoms with Crippen molar-refractivity contribution in [1.29, 1.82) is 0 Å². The fourth-order valence-electron chi connectivity index (χ4n) is 2.51. The summed E-state index contributed by atoms with van der Waals surface area (Å²) in [6.07, 6.45) is 6.48. The summed E-state index contributed by atoms with van der Waals surface area (Å²) in [6.45, 7) is 2.70. The molecule has 1 heterocycles. The van der Waals surface area contributed by atoms with E-state index in [-0.39, 0.29) is 5.91 Å². The van der Waals surface area contributed by atoms with Crippen molar-refractivity contribution in [3.63, 3.8) is 0 Å². The second-order valence-corrected chi connectivity index (χ2v) is 5.52. The first kappa shape index (κ1) is 15.5. The number of unbranched alkanes of at least 4 members (excludes halogenated alkanes) is 4. The number of amides is 1. The molecule has 4 heteroatoms. The van der Waals surface area contributed by atoms with Crippen molar-refractivity contribution < 1.29 is 4.79 Å². The van der Waals surface area contributed by atoms with Gasteiger partial charge in [-0.15, -0.1) is 0 Å². The molecule has 4 nitrogen and oxygen atoms in total. The van der Waals surface area contributed by atoms with E-state index in [0.29, 0.717) is 13.0 Å². The zero-order valence-electron chi connectivity index (χ0n) is 13.1. The number of imidazole rings is 1. The fourth-order valence-corrected chi connectivity index (χ4v) is 2.51. The zero-order chi connectivity index (χ0) is 15.1. The molecule has 2 rings (SSSR count). The SMILES string of the molecule is CCCCCCCC(=O)NCc1nc2ccccc2n1C. The Bertz CT molecular complexity index is 589. The van der Waals surface area contributed by atoms with Crippen LogP contribution in [-0.4, -0.2) is 15.5 Å². The smallest absolute Gasteiger partial charge is 0.220 e. The van der Waals surface area contributed by atoms with E-state index in [1.54, 1.807) is 0 Å². The summed E-state index contributed by atoms with van der Waals surface area (Å²) in [4.78, 5) is 16.4. The molecule has 0 atom stereocenters. The number of benzene rings is 1. The minimum absolute atomic E-state index is 0.124. The molecule has 0 aliphatic heterocycles. The van der Waals surface area contributed by atoms with Crippen LogP contribution in [0.1, 0.15) is 51.3 Å². The third-order valence-corrected chi connectivity index (χ3v) is 3.83. The van der Waals surface area contributed by atoms with Gasteiger partial charge >= 0.3 is 0 Å². The standard InChI is InChI=1S/C17H25N3O/c1-3-4-5-6-7-12-17(21)18-13-16-19-14-10-8-9-11-15(14)20(16)2/h8-11H,3-7,12-13H2,1-2H3,(H,18,21). The number of nitrogens with zero attached hydrogens (tertiary/aromatic N) is 2. The summed E-state index contributed by atoms with van der Waals surface area (Å²) < 4.78 is 2.04. The average Bonchev–Trinajstić information content (AvgIpc) is 2.82. The Labute approximate surface area is 126 Å². The fraction of sp³-hybridized carbons (Fsp3) is 0.529. The molecule has 0 bridgehead atoms. The van der Waals surface area contributed by atoms with Crippen LogP contribution in [0.3, 0.4) is 0 Å².